The maximum Gasteiger partial charge on any atom is 0.0797 e. The van der Waals surface area contributed by atoms with Crippen molar-refractivity contribution in [2.24, 2.45) is 0 Å². The lowest BCUT2D eigenvalue weighted by Gasteiger charge is -2.17. The van der Waals surface area contributed by atoms with Crippen LogP contribution in [0.5, 0.6) is 0 Å². The van der Waals surface area contributed by atoms with Gasteiger partial charge in [0.05, 0.1) is 11.2 Å². The number of hydrogen-bond acceptors (Lipinski definition) is 3. The Bertz CT molecular complexity index is 241. The van der Waals surface area contributed by atoms with Crippen molar-refractivity contribution in [1.82, 2.24) is 9.88 Å². The van der Waals surface area contributed by atoms with E-state index in [9.17, 15) is 0 Å². The summed E-state index contributed by atoms with van der Waals surface area (Å²) in [5.41, 5.74) is 3.14. The van der Waals surface area contributed by atoms with Gasteiger partial charge in [-0.05, 0) is 26.4 Å². The molecule has 0 aromatic carbocycles. The summed E-state index contributed by atoms with van der Waals surface area (Å²) in [4.78, 5) is 8.13. The smallest absolute Gasteiger partial charge is 0.0797 e. The Morgan fingerprint density at radius 3 is 2.54 bits per heavy atom. The van der Waals surface area contributed by atoms with E-state index in [0.29, 0.717) is 0 Å². The number of rotatable bonds is 5. The molecule has 0 saturated heterocycles. The second-order valence-corrected chi connectivity index (χ2v) is 4.08. The molecule has 0 aliphatic heterocycles. The Kier molecular flexibility index (Phi) is 4.39. The molecule has 0 radical (unpaired) electrons. The molecule has 0 atom stereocenters. The summed E-state index contributed by atoms with van der Waals surface area (Å²) in [5.74, 6) is 0. The van der Waals surface area contributed by atoms with Gasteiger partial charge in [0.25, 0.3) is 0 Å². The van der Waals surface area contributed by atoms with E-state index in [0.717, 1.165) is 26.1 Å². The monoisotopic (exact) mass is 198 g/mol. The number of likely N-dealkylation sites (N-methyl/N-ethyl adjacent to an activating group) is 1. The molecule has 3 heteroatoms. The molecule has 74 valence electrons. The van der Waals surface area contributed by atoms with Crippen molar-refractivity contribution in [3.8, 4) is 0 Å². The lowest BCUT2D eigenvalue weighted by atomic mass is 10.3. The molecule has 0 bridgehead atoms. The lowest BCUT2D eigenvalue weighted by molar-refractivity contribution is 0.308. The van der Waals surface area contributed by atoms with Crippen LogP contribution in [-0.2, 0) is 6.42 Å². The van der Waals surface area contributed by atoms with Crippen LogP contribution >= 0.6 is 11.3 Å². The Morgan fingerprint density at radius 1 is 1.38 bits per heavy atom. The van der Waals surface area contributed by atoms with Crippen LogP contribution in [0.2, 0.25) is 0 Å². The molecule has 0 N–H and O–H groups in total. The van der Waals surface area contributed by atoms with Crippen LogP contribution in [0, 0.1) is 6.92 Å². The van der Waals surface area contributed by atoms with Crippen molar-refractivity contribution < 1.29 is 0 Å². The predicted octanol–water partition coefficient (Wildman–Crippen LogP) is 2.34. The van der Waals surface area contributed by atoms with Gasteiger partial charge in [0.1, 0.15) is 0 Å². The van der Waals surface area contributed by atoms with Crippen molar-refractivity contribution in [3.05, 3.63) is 16.1 Å². The third kappa shape index (κ3) is 3.08. The highest BCUT2D eigenvalue weighted by molar-refractivity contribution is 7.09. The van der Waals surface area contributed by atoms with E-state index < -0.39 is 0 Å². The number of hydrogen-bond donors (Lipinski definition) is 0. The van der Waals surface area contributed by atoms with Crippen LogP contribution in [0.1, 0.15) is 24.4 Å². The summed E-state index contributed by atoms with van der Waals surface area (Å²) in [6, 6.07) is 0. The summed E-state index contributed by atoms with van der Waals surface area (Å²) >= 11 is 1.77. The molecule has 1 rings (SSSR count). The maximum atomic E-state index is 4.25. The number of aromatic nitrogens is 1. The van der Waals surface area contributed by atoms with Crippen molar-refractivity contribution in [1.29, 1.82) is 0 Å². The molecular weight excluding hydrogens is 180 g/mol. The molecule has 0 spiro atoms. The average molecular weight is 198 g/mol. The summed E-state index contributed by atoms with van der Waals surface area (Å²) in [5, 5.41) is 0. The lowest BCUT2D eigenvalue weighted by Crippen LogP contribution is -2.25. The molecule has 0 saturated carbocycles. The standard InChI is InChI=1S/C10H18N2S/c1-4-12(5-2)7-6-10-9(3)11-8-13-10/h8H,4-7H2,1-3H3. The molecule has 1 aromatic heterocycles. The van der Waals surface area contributed by atoms with Gasteiger partial charge in [-0.2, -0.15) is 0 Å². The largest absolute Gasteiger partial charge is 0.304 e. The minimum Gasteiger partial charge on any atom is -0.304 e. The minimum absolute atomic E-state index is 1.15. The van der Waals surface area contributed by atoms with E-state index >= 15 is 0 Å². The first-order chi connectivity index (χ1) is 6.27. The summed E-state index contributed by atoms with van der Waals surface area (Å²) < 4.78 is 0. The van der Waals surface area contributed by atoms with Gasteiger partial charge >= 0.3 is 0 Å². The summed E-state index contributed by atoms with van der Waals surface area (Å²) in [7, 11) is 0. The number of nitrogens with zero attached hydrogens (tertiary/aromatic N) is 2. The molecule has 0 unspecified atom stereocenters. The molecule has 1 heterocycles. The van der Waals surface area contributed by atoms with Gasteiger partial charge in [-0.1, -0.05) is 13.8 Å². The van der Waals surface area contributed by atoms with Crippen molar-refractivity contribution in [2.45, 2.75) is 27.2 Å². The zero-order valence-electron chi connectivity index (χ0n) is 8.71. The molecule has 0 amide bonds. The first-order valence-electron chi connectivity index (χ1n) is 4.89. The fourth-order valence-electron chi connectivity index (χ4n) is 1.37. The topological polar surface area (TPSA) is 16.1 Å². The zero-order valence-corrected chi connectivity index (χ0v) is 9.52. The first-order valence-corrected chi connectivity index (χ1v) is 5.77. The van der Waals surface area contributed by atoms with Gasteiger partial charge < -0.3 is 4.90 Å². The number of thiazole rings is 1. The van der Waals surface area contributed by atoms with Crippen LogP contribution in [0.25, 0.3) is 0 Å². The molecular formula is C10H18N2S. The van der Waals surface area contributed by atoms with Gasteiger partial charge in [0, 0.05) is 11.4 Å². The first kappa shape index (κ1) is 10.7. The molecule has 1 aromatic rings. The molecule has 0 aliphatic rings. The minimum atomic E-state index is 1.15. The van der Waals surface area contributed by atoms with Gasteiger partial charge in [0.2, 0.25) is 0 Å². The van der Waals surface area contributed by atoms with Crippen molar-refractivity contribution in [3.63, 3.8) is 0 Å². The van der Waals surface area contributed by atoms with Gasteiger partial charge in [-0.3, -0.25) is 0 Å². The van der Waals surface area contributed by atoms with Crippen LogP contribution in [-0.4, -0.2) is 29.5 Å². The Hall–Kier alpha value is -0.410. The zero-order chi connectivity index (χ0) is 9.68. The van der Waals surface area contributed by atoms with Crippen molar-refractivity contribution in [2.75, 3.05) is 19.6 Å². The second-order valence-electron chi connectivity index (χ2n) is 3.14. The third-order valence-electron chi connectivity index (χ3n) is 2.39. The Labute approximate surface area is 84.6 Å². The van der Waals surface area contributed by atoms with E-state index in [4.69, 9.17) is 0 Å². The van der Waals surface area contributed by atoms with E-state index in [1.807, 2.05) is 5.51 Å². The Morgan fingerprint density at radius 2 is 2.08 bits per heavy atom. The normalized spacial score (nSPS) is 11.1. The van der Waals surface area contributed by atoms with Gasteiger partial charge in [-0.25, -0.2) is 4.98 Å². The van der Waals surface area contributed by atoms with E-state index in [-0.39, 0.29) is 0 Å². The maximum absolute atomic E-state index is 4.25. The fraction of sp³-hybridized carbons (Fsp3) is 0.700. The second kappa shape index (κ2) is 5.35. The average Bonchev–Trinajstić information content (AvgIpc) is 2.54. The van der Waals surface area contributed by atoms with E-state index in [1.54, 1.807) is 11.3 Å². The quantitative estimate of drug-likeness (QED) is 0.722. The third-order valence-corrected chi connectivity index (χ3v) is 3.39. The highest BCUT2D eigenvalue weighted by Gasteiger charge is 2.03. The van der Waals surface area contributed by atoms with Crippen molar-refractivity contribution >= 4 is 11.3 Å². The molecule has 2 nitrogen and oxygen atoms in total. The summed E-state index contributed by atoms with van der Waals surface area (Å²) in [6.07, 6.45) is 1.15. The Balaban J connectivity index is 2.38. The highest BCUT2D eigenvalue weighted by atomic mass is 32.1. The van der Waals surface area contributed by atoms with Gasteiger partial charge in [0.15, 0.2) is 0 Å². The SMILES string of the molecule is CCN(CC)CCc1scnc1C. The molecule has 0 fully saturated rings. The van der Waals surface area contributed by atoms with Gasteiger partial charge in [-0.15, -0.1) is 11.3 Å². The van der Waals surface area contributed by atoms with Crippen LogP contribution in [0.3, 0.4) is 0 Å². The molecule has 13 heavy (non-hydrogen) atoms. The molecule has 0 aliphatic carbocycles. The number of aryl methyl sites for hydroxylation is 1. The fourth-order valence-corrected chi connectivity index (χ4v) is 2.14. The highest BCUT2D eigenvalue weighted by Crippen LogP contribution is 2.12. The van der Waals surface area contributed by atoms with Crippen LogP contribution < -0.4 is 0 Å². The van der Waals surface area contributed by atoms with Crippen LogP contribution in [0.4, 0.5) is 0 Å². The van der Waals surface area contributed by atoms with E-state index in [1.165, 1.54) is 10.6 Å². The predicted molar refractivity (Wildman–Crippen MR) is 58.3 cm³/mol. The summed E-state index contributed by atoms with van der Waals surface area (Å²) in [6.45, 7) is 9.97. The van der Waals surface area contributed by atoms with E-state index in [2.05, 4.69) is 30.7 Å². The van der Waals surface area contributed by atoms with Crippen LogP contribution in [0.15, 0.2) is 5.51 Å².